The molecule has 0 fully saturated rings. The number of nitrogens with one attached hydrogen (secondary N) is 2. The van der Waals surface area contributed by atoms with Crippen LogP contribution in [0.5, 0.6) is 0 Å². The largest absolute Gasteiger partial charge is 0.399 e. The number of imidazole rings is 1. The number of rotatable bonds is 4. The monoisotopic (exact) mass is 272 g/mol. The molecule has 5 heteroatoms. The quantitative estimate of drug-likeness (QED) is 0.633. The number of benzene rings is 1. The van der Waals surface area contributed by atoms with Crippen LogP contribution in [-0.4, -0.2) is 9.97 Å². The van der Waals surface area contributed by atoms with Gasteiger partial charge < -0.3 is 16.0 Å². The smallest absolute Gasteiger partial charge is 0.201 e. The Morgan fingerprint density at radius 1 is 1.42 bits per heavy atom. The zero-order valence-corrected chi connectivity index (χ0v) is 11.5. The highest BCUT2D eigenvalue weighted by Crippen LogP contribution is 2.26. The summed E-state index contributed by atoms with van der Waals surface area (Å²) in [6.07, 6.45) is 1.01. The number of aromatic amines is 1. The lowest BCUT2D eigenvalue weighted by atomic mass is 10.2. The van der Waals surface area contributed by atoms with Crippen molar-refractivity contribution >= 4 is 34.0 Å². The van der Waals surface area contributed by atoms with Crippen LogP contribution in [0.4, 0.5) is 11.6 Å². The van der Waals surface area contributed by atoms with Gasteiger partial charge in [-0.15, -0.1) is 11.3 Å². The minimum Gasteiger partial charge on any atom is -0.399 e. The predicted molar refractivity (Wildman–Crippen MR) is 81.5 cm³/mol. The topological polar surface area (TPSA) is 66.7 Å². The van der Waals surface area contributed by atoms with Gasteiger partial charge in [-0.1, -0.05) is 13.0 Å². The van der Waals surface area contributed by atoms with Crippen LogP contribution in [0.25, 0.3) is 11.0 Å². The second-order valence-electron chi connectivity index (χ2n) is 4.48. The van der Waals surface area contributed by atoms with Gasteiger partial charge in [0.25, 0.3) is 0 Å². The van der Waals surface area contributed by atoms with Crippen molar-refractivity contribution in [1.29, 1.82) is 0 Å². The van der Waals surface area contributed by atoms with E-state index in [-0.39, 0.29) is 6.04 Å². The Morgan fingerprint density at radius 2 is 2.32 bits per heavy atom. The molecular weight excluding hydrogens is 256 g/mol. The molecule has 0 amide bonds. The third-order valence-corrected chi connectivity index (χ3v) is 4.10. The van der Waals surface area contributed by atoms with Crippen molar-refractivity contribution in [3.8, 4) is 0 Å². The van der Waals surface area contributed by atoms with Crippen molar-refractivity contribution in [2.45, 2.75) is 19.4 Å². The number of nitrogen functional groups attached to an aromatic ring is 1. The van der Waals surface area contributed by atoms with E-state index in [9.17, 15) is 0 Å². The molecule has 4 nitrogen and oxygen atoms in total. The molecule has 1 unspecified atom stereocenters. The average molecular weight is 272 g/mol. The third-order valence-electron chi connectivity index (χ3n) is 3.11. The molecule has 1 aromatic carbocycles. The molecule has 0 aliphatic heterocycles. The van der Waals surface area contributed by atoms with Crippen LogP contribution >= 0.6 is 11.3 Å². The van der Waals surface area contributed by atoms with Crippen molar-refractivity contribution in [2.75, 3.05) is 11.1 Å². The minimum absolute atomic E-state index is 0.290. The molecular formula is C14H16N4S. The molecule has 98 valence electrons. The summed E-state index contributed by atoms with van der Waals surface area (Å²) >= 11 is 1.76. The van der Waals surface area contributed by atoms with E-state index in [1.165, 1.54) is 4.88 Å². The lowest BCUT2D eigenvalue weighted by Gasteiger charge is -2.14. The number of H-pyrrole nitrogens is 1. The number of anilines is 2. The maximum Gasteiger partial charge on any atom is 0.201 e. The molecule has 0 saturated heterocycles. The molecule has 4 N–H and O–H groups in total. The van der Waals surface area contributed by atoms with E-state index >= 15 is 0 Å². The number of nitrogens with zero attached hydrogens (tertiary/aromatic N) is 1. The van der Waals surface area contributed by atoms with Crippen LogP contribution in [0, 0.1) is 0 Å². The summed E-state index contributed by atoms with van der Waals surface area (Å²) in [4.78, 5) is 9.12. The second kappa shape index (κ2) is 4.93. The van der Waals surface area contributed by atoms with Gasteiger partial charge in [0.05, 0.1) is 17.1 Å². The number of hydrogen-bond donors (Lipinski definition) is 3. The SMILES string of the molecule is CCC(Nc1nc2ccc(N)cc2[nH]1)c1cccs1. The van der Waals surface area contributed by atoms with Crippen molar-refractivity contribution < 1.29 is 0 Å². The van der Waals surface area contributed by atoms with Gasteiger partial charge in [0.1, 0.15) is 0 Å². The van der Waals surface area contributed by atoms with E-state index in [2.05, 4.69) is 39.7 Å². The van der Waals surface area contributed by atoms with Crippen LogP contribution in [0.3, 0.4) is 0 Å². The Bertz CT molecular complexity index is 672. The fourth-order valence-electron chi connectivity index (χ4n) is 2.12. The summed E-state index contributed by atoms with van der Waals surface area (Å²) in [5, 5.41) is 5.54. The van der Waals surface area contributed by atoms with Crippen LogP contribution in [0.2, 0.25) is 0 Å². The van der Waals surface area contributed by atoms with Gasteiger partial charge in [0.2, 0.25) is 5.95 Å². The van der Waals surface area contributed by atoms with Gasteiger partial charge >= 0.3 is 0 Å². The van der Waals surface area contributed by atoms with E-state index in [4.69, 9.17) is 5.73 Å². The summed E-state index contributed by atoms with van der Waals surface area (Å²) in [5.74, 6) is 0.792. The van der Waals surface area contributed by atoms with Gasteiger partial charge in [-0.25, -0.2) is 4.98 Å². The summed E-state index contributed by atoms with van der Waals surface area (Å²) < 4.78 is 0. The zero-order chi connectivity index (χ0) is 13.2. The van der Waals surface area contributed by atoms with E-state index in [0.29, 0.717) is 0 Å². The van der Waals surface area contributed by atoms with E-state index in [1.807, 2.05) is 18.2 Å². The molecule has 0 saturated carbocycles. The van der Waals surface area contributed by atoms with Crippen LogP contribution in [-0.2, 0) is 0 Å². The summed E-state index contributed by atoms with van der Waals surface area (Å²) in [7, 11) is 0. The number of fused-ring (bicyclic) bond motifs is 1. The molecule has 0 aliphatic carbocycles. The molecule has 0 radical (unpaired) electrons. The Labute approximate surface area is 115 Å². The highest BCUT2D eigenvalue weighted by atomic mass is 32.1. The van der Waals surface area contributed by atoms with Crippen LogP contribution in [0.15, 0.2) is 35.7 Å². The number of thiophene rings is 1. The summed E-state index contributed by atoms with van der Waals surface area (Å²) in [6, 6.07) is 10.2. The van der Waals surface area contributed by atoms with Crippen molar-refractivity contribution in [2.24, 2.45) is 0 Å². The first-order valence-electron chi connectivity index (χ1n) is 6.31. The standard InChI is InChI=1S/C14H16N4S/c1-2-10(13-4-3-7-19-13)16-14-17-11-6-5-9(15)8-12(11)18-14/h3-8,10H,2,15H2,1H3,(H2,16,17,18). The van der Waals surface area contributed by atoms with Crippen LogP contribution < -0.4 is 11.1 Å². The first kappa shape index (κ1) is 12.0. The highest BCUT2D eigenvalue weighted by Gasteiger charge is 2.12. The molecule has 2 aromatic heterocycles. The molecule has 0 bridgehead atoms. The van der Waals surface area contributed by atoms with Crippen molar-refractivity contribution in [1.82, 2.24) is 9.97 Å². The molecule has 2 heterocycles. The van der Waals surface area contributed by atoms with Gasteiger partial charge in [-0.3, -0.25) is 0 Å². The van der Waals surface area contributed by atoms with Crippen molar-refractivity contribution in [3.05, 3.63) is 40.6 Å². The summed E-state index contributed by atoms with van der Waals surface area (Å²) in [5.41, 5.74) is 8.40. The van der Waals surface area contributed by atoms with E-state index in [1.54, 1.807) is 11.3 Å². The van der Waals surface area contributed by atoms with E-state index < -0.39 is 0 Å². The maximum absolute atomic E-state index is 5.77. The Hall–Kier alpha value is -2.01. The lowest BCUT2D eigenvalue weighted by Crippen LogP contribution is -2.09. The maximum atomic E-state index is 5.77. The highest BCUT2D eigenvalue weighted by molar-refractivity contribution is 7.10. The third kappa shape index (κ3) is 2.42. The molecule has 0 spiro atoms. The van der Waals surface area contributed by atoms with E-state index in [0.717, 1.165) is 29.1 Å². The van der Waals surface area contributed by atoms with Gasteiger partial charge in [-0.2, -0.15) is 0 Å². The Morgan fingerprint density at radius 3 is 3.05 bits per heavy atom. The first-order valence-corrected chi connectivity index (χ1v) is 7.19. The predicted octanol–water partition coefficient (Wildman–Crippen LogP) is 3.77. The molecule has 3 rings (SSSR count). The number of nitrogens with two attached hydrogens (primary N) is 1. The zero-order valence-electron chi connectivity index (χ0n) is 10.7. The molecule has 3 aromatic rings. The number of aromatic nitrogens is 2. The lowest BCUT2D eigenvalue weighted by molar-refractivity contribution is 0.755. The molecule has 0 aliphatic rings. The fourth-order valence-corrected chi connectivity index (χ4v) is 2.99. The average Bonchev–Trinajstić information content (AvgIpc) is 3.04. The second-order valence-corrected chi connectivity index (χ2v) is 5.46. The number of hydrogen-bond acceptors (Lipinski definition) is 4. The van der Waals surface area contributed by atoms with Crippen LogP contribution in [0.1, 0.15) is 24.3 Å². The first-order chi connectivity index (χ1) is 9.26. The normalized spacial score (nSPS) is 12.7. The Kier molecular flexibility index (Phi) is 3.13. The molecule has 19 heavy (non-hydrogen) atoms. The summed E-state index contributed by atoms with van der Waals surface area (Å²) in [6.45, 7) is 2.16. The molecule has 1 atom stereocenters. The fraction of sp³-hybridized carbons (Fsp3) is 0.214. The van der Waals surface area contributed by atoms with Gasteiger partial charge in [0.15, 0.2) is 0 Å². The van der Waals surface area contributed by atoms with Gasteiger partial charge in [-0.05, 0) is 36.1 Å². The van der Waals surface area contributed by atoms with Crippen molar-refractivity contribution in [3.63, 3.8) is 0 Å². The van der Waals surface area contributed by atoms with Gasteiger partial charge in [0, 0.05) is 10.6 Å². The minimum atomic E-state index is 0.290. The Balaban J connectivity index is 1.88.